The van der Waals surface area contributed by atoms with Crippen LogP contribution in [-0.4, -0.2) is 36.7 Å². The van der Waals surface area contributed by atoms with Gasteiger partial charge in [-0.3, -0.25) is 9.59 Å². The van der Waals surface area contributed by atoms with Crippen molar-refractivity contribution in [2.24, 2.45) is 17.3 Å². The number of carboxylic acids is 1. The number of ether oxygens (including phenoxy) is 1. The van der Waals surface area contributed by atoms with Gasteiger partial charge in [-0.05, 0) is 25.2 Å². The monoisotopic (exact) mass is 285 g/mol. The number of rotatable bonds is 7. The van der Waals surface area contributed by atoms with Gasteiger partial charge < -0.3 is 15.2 Å². The minimum atomic E-state index is -0.859. The molecule has 1 fully saturated rings. The Morgan fingerprint density at radius 2 is 1.90 bits per heavy atom. The van der Waals surface area contributed by atoms with Crippen LogP contribution in [0.15, 0.2) is 0 Å². The molecule has 116 valence electrons. The summed E-state index contributed by atoms with van der Waals surface area (Å²) >= 11 is 0. The Morgan fingerprint density at radius 1 is 1.30 bits per heavy atom. The number of nitrogens with one attached hydrogen (secondary N) is 1. The topological polar surface area (TPSA) is 75.6 Å². The van der Waals surface area contributed by atoms with Crippen LogP contribution in [0.25, 0.3) is 0 Å². The summed E-state index contributed by atoms with van der Waals surface area (Å²) in [6.45, 7) is 7.22. The Kier molecular flexibility index (Phi) is 6.46. The summed E-state index contributed by atoms with van der Waals surface area (Å²) in [5, 5.41) is 12.3. The highest BCUT2D eigenvalue weighted by Gasteiger charge is 2.40. The maximum Gasteiger partial charge on any atom is 0.311 e. The molecule has 1 saturated heterocycles. The fraction of sp³-hybridized carbons (Fsp3) is 0.867. The molecule has 0 saturated carbocycles. The summed E-state index contributed by atoms with van der Waals surface area (Å²) in [7, 11) is 0. The first-order valence-electron chi connectivity index (χ1n) is 7.52. The maximum atomic E-state index is 12.2. The van der Waals surface area contributed by atoms with Crippen molar-refractivity contribution in [2.45, 2.75) is 46.5 Å². The first-order valence-corrected chi connectivity index (χ1v) is 7.52. The van der Waals surface area contributed by atoms with Crippen LogP contribution in [-0.2, 0) is 14.3 Å². The lowest BCUT2D eigenvalue weighted by atomic mass is 9.80. The second kappa shape index (κ2) is 7.62. The van der Waals surface area contributed by atoms with E-state index in [1.807, 2.05) is 13.8 Å². The van der Waals surface area contributed by atoms with E-state index >= 15 is 0 Å². The molecule has 1 heterocycles. The zero-order chi connectivity index (χ0) is 15.2. The van der Waals surface area contributed by atoms with Crippen LogP contribution in [0.3, 0.4) is 0 Å². The molecule has 1 amide bonds. The molecule has 5 nitrogen and oxygen atoms in total. The fourth-order valence-corrected chi connectivity index (χ4v) is 2.69. The lowest BCUT2D eigenvalue weighted by Gasteiger charge is -2.33. The van der Waals surface area contributed by atoms with Crippen LogP contribution in [0.2, 0.25) is 0 Å². The minimum Gasteiger partial charge on any atom is -0.481 e. The van der Waals surface area contributed by atoms with E-state index in [2.05, 4.69) is 12.2 Å². The number of carbonyl (C=O) groups excluding carboxylic acids is 1. The van der Waals surface area contributed by atoms with E-state index in [-0.39, 0.29) is 24.3 Å². The molecule has 0 radical (unpaired) electrons. The van der Waals surface area contributed by atoms with E-state index in [0.29, 0.717) is 26.1 Å². The second-order valence-corrected chi connectivity index (χ2v) is 6.05. The van der Waals surface area contributed by atoms with Gasteiger partial charge in [-0.25, -0.2) is 0 Å². The molecule has 2 N–H and O–H groups in total. The van der Waals surface area contributed by atoms with Crippen molar-refractivity contribution >= 4 is 11.9 Å². The molecule has 0 aromatic carbocycles. The number of carbonyl (C=O) groups is 2. The SMILES string of the molecule is CCCC(C(=O)NCC1(C(=O)O)CCOCC1)C(C)C. The molecule has 0 bridgehead atoms. The molecule has 20 heavy (non-hydrogen) atoms. The first kappa shape index (κ1) is 17.0. The molecule has 0 aliphatic carbocycles. The third-order valence-corrected chi connectivity index (χ3v) is 4.25. The Balaban J connectivity index is 2.62. The molecule has 1 atom stereocenters. The minimum absolute atomic E-state index is 0.0195. The van der Waals surface area contributed by atoms with Gasteiger partial charge in [0.1, 0.15) is 0 Å². The van der Waals surface area contributed by atoms with Gasteiger partial charge in [0, 0.05) is 25.7 Å². The van der Waals surface area contributed by atoms with Crippen molar-refractivity contribution < 1.29 is 19.4 Å². The van der Waals surface area contributed by atoms with E-state index < -0.39 is 11.4 Å². The van der Waals surface area contributed by atoms with E-state index in [1.165, 1.54) is 0 Å². The quantitative estimate of drug-likeness (QED) is 0.750. The highest BCUT2D eigenvalue weighted by Crippen LogP contribution is 2.30. The molecular weight excluding hydrogens is 258 g/mol. The summed E-state index contributed by atoms with van der Waals surface area (Å²) < 4.78 is 5.23. The van der Waals surface area contributed by atoms with E-state index in [1.54, 1.807) is 0 Å². The number of hydrogen-bond donors (Lipinski definition) is 2. The van der Waals surface area contributed by atoms with E-state index in [4.69, 9.17) is 4.74 Å². The number of hydrogen-bond acceptors (Lipinski definition) is 3. The zero-order valence-corrected chi connectivity index (χ0v) is 12.8. The van der Waals surface area contributed by atoms with Crippen molar-refractivity contribution in [3.8, 4) is 0 Å². The van der Waals surface area contributed by atoms with Crippen molar-refractivity contribution in [2.75, 3.05) is 19.8 Å². The summed E-state index contributed by atoms with van der Waals surface area (Å²) in [4.78, 5) is 23.8. The van der Waals surface area contributed by atoms with Crippen LogP contribution in [0.4, 0.5) is 0 Å². The van der Waals surface area contributed by atoms with Gasteiger partial charge in [-0.15, -0.1) is 0 Å². The normalized spacial score (nSPS) is 19.6. The molecule has 5 heteroatoms. The predicted octanol–water partition coefficient (Wildman–Crippen LogP) is 2.06. The Morgan fingerprint density at radius 3 is 2.35 bits per heavy atom. The van der Waals surface area contributed by atoms with Gasteiger partial charge in [-0.2, -0.15) is 0 Å². The third-order valence-electron chi connectivity index (χ3n) is 4.25. The standard InChI is InChI=1S/C15H27NO4/c1-4-5-12(11(2)3)13(17)16-10-15(14(18)19)6-8-20-9-7-15/h11-12H,4-10H2,1-3H3,(H,16,17)(H,18,19). The summed E-state index contributed by atoms with van der Waals surface area (Å²) in [6.07, 6.45) is 2.71. The third kappa shape index (κ3) is 4.20. The molecule has 0 aromatic heterocycles. The fourth-order valence-electron chi connectivity index (χ4n) is 2.69. The van der Waals surface area contributed by atoms with Crippen LogP contribution < -0.4 is 5.32 Å². The lowest BCUT2D eigenvalue weighted by molar-refractivity contribution is -0.154. The average Bonchev–Trinajstić information content (AvgIpc) is 2.42. The van der Waals surface area contributed by atoms with Gasteiger partial charge in [0.25, 0.3) is 0 Å². The van der Waals surface area contributed by atoms with Crippen molar-refractivity contribution in [3.05, 3.63) is 0 Å². The molecule has 1 aliphatic rings. The van der Waals surface area contributed by atoms with Gasteiger partial charge in [0.05, 0.1) is 5.41 Å². The highest BCUT2D eigenvalue weighted by molar-refractivity contribution is 5.81. The number of carboxylic acid groups (broad SMARTS) is 1. The molecule has 0 spiro atoms. The van der Waals surface area contributed by atoms with E-state index in [9.17, 15) is 14.7 Å². The Labute approximate surface area is 121 Å². The lowest BCUT2D eigenvalue weighted by Crippen LogP contribution is -2.48. The van der Waals surface area contributed by atoms with Crippen molar-refractivity contribution in [1.29, 1.82) is 0 Å². The maximum absolute atomic E-state index is 12.2. The summed E-state index contributed by atoms with van der Waals surface area (Å²) in [5.41, 5.74) is -0.859. The number of aliphatic carboxylic acids is 1. The highest BCUT2D eigenvalue weighted by atomic mass is 16.5. The molecular formula is C15H27NO4. The Bertz CT molecular complexity index is 335. The molecule has 0 aromatic rings. The van der Waals surface area contributed by atoms with Gasteiger partial charge in [0.15, 0.2) is 0 Å². The van der Waals surface area contributed by atoms with Crippen molar-refractivity contribution in [3.63, 3.8) is 0 Å². The van der Waals surface area contributed by atoms with Crippen LogP contribution in [0.5, 0.6) is 0 Å². The second-order valence-electron chi connectivity index (χ2n) is 6.05. The molecule has 1 unspecified atom stereocenters. The largest absolute Gasteiger partial charge is 0.481 e. The smallest absolute Gasteiger partial charge is 0.311 e. The summed E-state index contributed by atoms with van der Waals surface area (Å²) in [5.74, 6) is -0.622. The van der Waals surface area contributed by atoms with Gasteiger partial charge in [-0.1, -0.05) is 27.2 Å². The average molecular weight is 285 g/mol. The van der Waals surface area contributed by atoms with E-state index in [0.717, 1.165) is 12.8 Å². The first-order chi connectivity index (χ1) is 9.43. The predicted molar refractivity (Wildman–Crippen MR) is 76.4 cm³/mol. The number of amides is 1. The Hall–Kier alpha value is -1.10. The molecule has 1 aliphatic heterocycles. The van der Waals surface area contributed by atoms with Crippen LogP contribution >= 0.6 is 0 Å². The summed E-state index contributed by atoms with van der Waals surface area (Å²) in [6, 6.07) is 0. The molecule has 1 rings (SSSR count). The van der Waals surface area contributed by atoms with Crippen LogP contribution in [0.1, 0.15) is 46.5 Å². The van der Waals surface area contributed by atoms with Crippen molar-refractivity contribution in [1.82, 2.24) is 5.32 Å². The zero-order valence-electron chi connectivity index (χ0n) is 12.8. The van der Waals surface area contributed by atoms with Crippen LogP contribution in [0, 0.1) is 17.3 Å². The van der Waals surface area contributed by atoms with Gasteiger partial charge in [0.2, 0.25) is 5.91 Å². The van der Waals surface area contributed by atoms with Gasteiger partial charge >= 0.3 is 5.97 Å².